The minimum atomic E-state index is -4.36. The normalized spacial score (nSPS) is 23.7. The molecule has 2 aromatic heterocycles. The van der Waals surface area contributed by atoms with Crippen LogP contribution < -0.4 is 0 Å². The second-order valence-electron chi connectivity index (χ2n) is 12.5. The van der Waals surface area contributed by atoms with Crippen LogP contribution in [-0.4, -0.2) is 47.9 Å². The number of sulfone groups is 1. The minimum absolute atomic E-state index is 0.0671. The zero-order valence-corrected chi connectivity index (χ0v) is 25.1. The van der Waals surface area contributed by atoms with Gasteiger partial charge < -0.3 is 4.43 Å². The van der Waals surface area contributed by atoms with E-state index < -0.39 is 28.6 Å². The van der Waals surface area contributed by atoms with Gasteiger partial charge >= 0.3 is 0 Å². The smallest absolute Gasteiger partial charge is 0.232 e. The fourth-order valence-electron chi connectivity index (χ4n) is 5.38. The highest BCUT2D eigenvalue weighted by Crippen LogP contribution is 2.55. The van der Waals surface area contributed by atoms with Crippen LogP contribution in [0.4, 0.5) is 8.78 Å². The monoisotopic (exact) mass is 574 g/mol. The Hall–Kier alpha value is -2.63. The second-order valence-corrected chi connectivity index (χ2v) is 19.5. The predicted molar refractivity (Wildman–Crippen MR) is 149 cm³/mol. The molecule has 5 rings (SSSR count). The van der Waals surface area contributed by atoms with Gasteiger partial charge in [0.2, 0.25) is 14.8 Å². The van der Waals surface area contributed by atoms with E-state index in [1.807, 2.05) is 6.08 Å². The van der Waals surface area contributed by atoms with Crippen molar-refractivity contribution in [3.05, 3.63) is 65.4 Å². The Morgan fingerprint density at radius 3 is 2.46 bits per heavy atom. The molecule has 39 heavy (non-hydrogen) atoms. The lowest BCUT2D eigenvalue weighted by Gasteiger charge is -2.49. The molecule has 3 aromatic rings. The van der Waals surface area contributed by atoms with Gasteiger partial charge in [0.25, 0.3) is 0 Å². The lowest BCUT2D eigenvalue weighted by molar-refractivity contribution is 0.0713. The first-order valence-corrected chi connectivity index (χ1v) is 17.6. The average Bonchev–Trinajstić information content (AvgIpc) is 3.47. The standard InChI is InChI=1S/C28H36F2N4O3SSi/c1-26(2,3)39(5,6)37-19-27-16-20-17-31-34(23-9-7-22(29)8-10-23)24(20)15-21(27)11-13-28(30,18-27)38(35,36)25-12-14-33(4)32-25/h7-10,12,14-15,17H,11,13,16,18-19H2,1-6H3/t27-,28+/m1/s1. The van der Waals surface area contributed by atoms with Crippen molar-refractivity contribution < 1.29 is 21.6 Å². The molecule has 210 valence electrons. The van der Waals surface area contributed by atoms with E-state index in [4.69, 9.17) is 4.43 Å². The van der Waals surface area contributed by atoms with E-state index in [2.05, 4.69) is 44.1 Å². The van der Waals surface area contributed by atoms with E-state index in [1.54, 1.807) is 30.1 Å². The van der Waals surface area contributed by atoms with E-state index >= 15 is 4.39 Å². The molecule has 0 radical (unpaired) electrons. The largest absolute Gasteiger partial charge is 0.416 e. The Kier molecular flexibility index (Phi) is 6.59. The lowest BCUT2D eigenvalue weighted by Crippen LogP contribution is -2.51. The fourth-order valence-corrected chi connectivity index (χ4v) is 8.14. The average molecular weight is 575 g/mol. The highest BCUT2D eigenvalue weighted by molar-refractivity contribution is 7.92. The summed E-state index contributed by atoms with van der Waals surface area (Å²) in [5.74, 6) is -0.333. The SMILES string of the molecule is Cn1ccc(S(=O)(=O)[C@@]2(F)CCC3=Cc4c(cnn4-c4ccc(F)cc4)C[C@]3(CO[Si](C)(C)C(C)(C)C)C2)n1. The highest BCUT2D eigenvalue weighted by atomic mass is 32.2. The van der Waals surface area contributed by atoms with Gasteiger partial charge in [0.15, 0.2) is 13.3 Å². The summed E-state index contributed by atoms with van der Waals surface area (Å²) in [4.78, 5) is 0. The molecule has 0 spiro atoms. The quantitative estimate of drug-likeness (QED) is 0.337. The van der Waals surface area contributed by atoms with Gasteiger partial charge in [-0.1, -0.05) is 26.3 Å². The Morgan fingerprint density at radius 2 is 1.85 bits per heavy atom. The molecule has 0 bridgehead atoms. The molecular weight excluding hydrogens is 538 g/mol. The molecule has 0 aliphatic heterocycles. The first-order valence-electron chi connectivity index (χ1n) is 13.2. The van der Waals surface area contributed by atoms with Gasteiger partial charge in [-0.25, -0.2) is 21.9 Å². The van der Waals surface area contributed by atoms with E-state index in [-0.39, 0.29) is 41.8 Å². The summed E-state index contributed by atoms with van der Waals surface area (Å²) in [6.07, 6.45) is 5.53. The molecule has 0 unspecified atom stereocenters. The molecule has 2 heterocycles. The molecule has 2 aliphatic rings. The van der Waals surface area contributed by atoms with Crippen LogP contribution >= 0.6 is 0 Å². The van der Waals surface area contributed by atoms with Crippen LogP contribution in [0.25, 0.3) is 11.8 Å². The molecule has 0 saturated heterocycles. The van der Waals surface area contributed by atoms with Crippen molar-refractivity contribution in [1.82, 2.24) is 19.6 Å². The molecule has 2 aliphatic carbocycles. The second kappa shape index (κ2) is 9.20. The van der Waals surface area contributed by atoms with Crippen LogP contribution in [0.5, 0.6) is 0 Å². The summed E-state index contributed by atoms with van der Waals surface area (Å²) in [6.45, 7) is 10.9. The number of alkyl halides is 1. The number of halogens is 2. The van der Waals surface area contributed by atoms with Crippen LogP contribution in [0.1, 0.15) is 51.3 Å². The van der Waals surface area contributed by atoms with E-state index in [9.17, 15) is 12.8 Å². The Balaban J connectivity index is 1.57. The molecule has 1 fully saturated rings. The Labute approximate surface area is 229 Å². The number of nitrogens with zero attached hydrogens (tertiary/aromatic N) is 4. The van der Waals surface area contributed by atoms with Crippen LogP contribution in [-0.2, 0) is 27.7 Å². The Bertz CT molecular complexity index is 1540. The van der Waals surface area contributed by atoms with Crippen molar-refractivity contribution in [3.63, 3.8) is 0 Å². The number of fused-ring (bicyclic) bond motifs is 2. The number of rotatable bonds is 6. The van der Waals surface area contributed by atoms with Gasteiger partial charge in [0.1, 0.15) is 5.82 Å². The lowest BCUT2D eigenvalue weighted by atomic mass is 9.64. The summed E-state index contributed by atoms with van der Waals surface area (Å²) < 4.78 is 67.4. The third-order valence-electron chi connectivity index (χ3n) is 8.81. The van der Waals surface area contributed by atoms with Gasteiger partial charge in [-0.2, -0.15) is 10.2 Å². The van der Waals surface area contributed by atoms with Crippen LogP contribution in [0, 0.1) is 11.2 Å². The molecule has 11 heteroatoms. The van der Waals surface area contributed by atoms with E-state index in [0.717, 1.165) is 16.8 Å². The van der Waals surface area contributed by atoms with Crippen molar-refractivity contribution in [3.8, 4) is 5.69 Å². The van der Waals surface area contributed by atoms with Crippen LogP contribution in [0.3, 0.4) is 0 Å². The van der Waals surface area contributed by atoms with Gasteiger partial charge in [-0.15, -0.1) is 0 Å². The van der Waals surface area contributed by atoms with Gasteiger partial charge in [0.05, 0.1) is 17.6 Å². The summed E-state index contributed by atoms with van der Waals surface area (Å²) in [5.41, 5.74) is 2.54. The third-order valence-corrected chi connectivity index (χ3v) is 15.4. The number of hydrogen-bond donors (Lipinski definition) is 0. The zero-order valence-electron chi connectivity index (χ0n) is 23.3. The zero-order chi connectivity index (χ0) is 28.4. The number of aromatic nitrogens is 4. The molecule has 1 aromatic carbocycles. The molecular formula is C28H36F2N4O3SSi. The van der Waals surface area contributed by atoms with Crippen LogP contribution in [0.2, 0.25) is 18.1 Å². The molecule has 0 amide bonds. The maximum absolute atomic E-state index is 16.8. The fraction of sp³-hybridized carbons (Fsp3) is 0.500. The van der Waals surface area contributed by atoms with Gasteiger partial charge in [-0.3, -0.25) is 4.68 Å². The molecule has 0 N–H and O–H groups in total. The van der Waals surface area contributed by atoms with Crippen molar-refractivity contribution >= 4 is 24.2 Å². The Morgan fingerprint density at radius 1 is 1.15 bits per heavy atom. The topological polar surface area (TPSA) is 79.0 Å². The number of hydrogen-bond acceptors (Lipinski definition) is 5. The first kappa shape index (κ1) is 27.9. The summed E-state index contributed by atoms with van der Waals surface area (Å²) in [7, 11) is -4.98. The minimum Gasteiger partial charge on any atom is -0.416 e. The molecule has 2 atom stereocenters. The van der Waals surface area contributed by atoms with E-state index in [0.29, 0.717) is 12.1 Å². The van der Waals surface area contributed by atoms with Crippen molar-refractivity contribution in [1.29, 1.82) is 0 Å². The molecule has 1 saturated carbocycles. The summed E-state index contributed by atoms with van der Waals surface area (Å²) >= 11 is 0. The van der Waals surface area contributed by atoms with Crippen molar-refractivity contribution in [2.45, 2.75) is 74.6 Å². The summed E-state index contributed by atoms with van der Waals surface area (Å²) in [6, 6.07) is 7.45. The van der Waals surface area contributed by atoms with Crippen molar-refractivity contribution in [2.24, 2.45) is 12.5 Å². The van der Waals surface area contributed by atoms with Crippen molar-refractivity contribution in [2.75, 3.05) is 6.61 Å². The molecule has 7 nitrogen and oxygen atoms in total. The summed E-state index contributed by atoms with van der Waals surface area (Å²) in [5, 5.41) is 5.80. The van der Waals surface area contributed by atoms with Gasteiger partial charge in [-0.05, 0) is 72.9 Å². The number of benzene rings is 1. The highest BCUT2D eigenvalue weighted by Gasteiger charge is 2.58. The van der Waals surface area contributed by atoms with Gasteiger partial charge in [0, 0.05) is 38.1 Å². The first-order chi connectivity index (χ1) is 18.1. The number of aryl methyl sites for hydroxylation is 1. The third kappa shape index (κ3) is 4.72. The predicted octanol–water partition coefficient (Wildman–Crippen LogP) is 6.02. The maximum atomic E-state index is 16.8. The van der Waals surface area contributed by atoms with E-state index in [1.165, 1.54) is 29.1 Å². The van der Waals surface area contributed by atoms with Crippen LogP contribution in [0.15, 0.2) is 53.3 Å². The maximum Gasteiger partial charge on any atom is 0.232 e.